The largest absolute Gasteiger partial charge is 0.507 e. The third-order valence-electron chi connectivity index (χ3n) is 3.12. The Morgan fingerprint density at radius 3 is 2.68 bits per heavy atom. The van der Waals surface area contributed by atoms with Crippen LogP contribution in [-0.2, 0) is 11.3 Å². The lowest BCUT2D eigenvalue weighted by atomic mass is 10.1. The standard InChI is InChI=1S/C16H17ClN2O3/c1-10-5-12(17)6-11(16(10)22)8-18-13-3-2-4-14(7-13)19-15(21)9-20/h2-7,18,20,22H,8-9H2,1H3,(H,19,21). The molecular formula is C16H17ClN2O3. The second-order valence-electron chi connectivity index (χ2n) is 4.87. The summed E-state index contributed by atoms with van der Waals surface area (Å²) in [6.45, 7) is 1.62. The highest BCUT2D eigenvalue weighted by Gasteiger charge is 2.07. The number of carbonyl (C=O) groups is 1. The molecule has 5 nitrogen and oxygen atoms in total. The summed E-state index contributed by atoms with van der Waals surface area (Å²) in [6.07, 6.45) is 0. The highest BCUT2D eigenvalue weighted by atomic mass is 35.5. The fraction of sp³-hybridized carbons (Fsp3) is 0.188. The van der Waals surface area contributed by atoms with E-state index in [2.05, 4.69) is 10.6 Å². The number of hydrogen-bond acceptors (Lipinski definition) is 4. The van der Waals surface area contributed by atoms with Crippen LogP contribution < -0.4 is 10.6 Å². The molecule has 6 heteroatoms. The maximum atomic E-state index is 11.2. The molecule has 0 fully saturated rings. The van der Waals surface area contributed by atoms with E-state index >= 15 is 0 Å². The van der Waals surface area contributed by atoms with Crippen molar-refractivity contribution in [1.82, 2.24) is 0 Å². The van der Waals surface area contributed by atoms with Gasteiger partial charge in [0.1, 0.15) is 12.4 Å². The second-order valence-corrected chi connectivity index (χ2v) is 5.31. The first kappa shape index (κ1) is 16.1. The van der Waals surface area contributed by atoms with Crippen LogP contribution in [0.3, 0.4) is 0 Å². The van der Waals surface area contributed by atoms with Gasteiger partial charge < -0.3 is 20.8 Å². The van der Waals surface area contributed by atoms with Crippen LogP contribution in [-0.4, -0.2) is 22.7 Å². The predicted octanol–water partition coefficient (Wildman–Crippen LogP) is 2.90. The number of amides is 1. The monoisotopic (exact) mass is 320 g/mol. The van der Waals surface area contributed by atoms with Crippen molar-refractivity contribution in [2.75, 3.05) is 17.2 Å². The van der Waals surface area contributed by atoms with Gasteiger partial charge >= 0.3 is 0 Å². The number of rotatable bonds is 5. The number of aryl methyl sites for hydroxylation is 1. The summed E-state index contributed by atoms with van der Waals surface area (Å²) >= 11 is 5.99. The van der Waals surface area contributed by atoms with Crippen LogP contribution in [0.2, 0.25) is 5.02 Å². The molecule has 0 aliphatic heterocycles. The number of anilines is 2. The van der Waals surface area contributed by atoms with Gasteiger partial charge in [0.25, 0.3) is 0 Å². The van der Waals surface area contributed by atoms with Gasteiger partial charge in [0, 0.05) is 28.5 Å². The number of hydrogen-bond donors (Lipinski definition) is 4. The van der Waals surface area contributed by atoms with Crippen LogP contribution in [0.4, 0.5) is 11.4 Å². The Balaban J connectivity index is 2.09. The van der Waals surface area contributed by atoms with Gasteiger partial charge in [-0.05, 0) is 42.8 Å². The molecule has 0 radical (unpaired) electrons. The summed E-state index contributed by atoms with van der Waals surface area (Å²) in [5.74, 6) is -0.262. The molecule has 116 valence electrons. The van der Waals surface area contributed by atoms with Crippen LogP contribution in [0.5, 0.6) is 5.75 Å². The summed E-state index contributed by atoms with van der Waals surface area (Å²) in [6, 6.07) is 10.5. The van der Waals surface area contributed by atoms with Gasteiger partial charge in [-0.2, -0.15) is 0 Å². The summed E-state index contributed by atoms with van der Waals surface area (Å²) in [5.41, 5.74) is 2.76. The maximum absolute atomic E-state index is 11.2. The average Bonchev–Trinajstić information content (AvgIpc) is 2.49. The molecule has 4 N–H and O–H groups in total. The molecule has 2 rings (SSSR count). The number of aromatic hydroxyl groups is 1. The Bertz CT molecular complexity index is 689. The number of phenols is 1. The van der Waals surface area contributed by atoms with Gasteiger partial charge in [0.05, 0.1) is 0 Å². The number of carbonyl (C=O) groups excluding carboxylic acids is 1. The fourth-order valence-corrected chi connectivity index (χ4v) is 2.34. The molecular weight excluding hydrogens is 304 g/mol. The summed E-state index contributed by atoms with van der Waals surface area (Å²) < 4.78 is 0. The third kappa shape index (κ3) is 4.13. The minimum absolute atomic E-state index is 0.210. The fourth-order valence-electron chi connectivity index (χ4n) is 2.04. The van der Waals surface area contributed by atoms with Crippen LogP contribution in [0.1, 0.15) is 11.1 Å². The molecule has 0 atom stereocenters. The first-order chi connectivity index (χ1) is 10.5. The van der Waals surface area contributed by atoms with Crippen LogP contribution in [0, 0.1) is 6.92 Å². The quantitative estimate of drug-likeness (QED) is 0.683. The average molecular weight is 321 g/mol. The molecule has 0 aliphatic rings. The number of nitrogens with one attached hydrogen (secondary N) is 2. The number of benzene rings is 2. The lowest BCUT2D eigenvalue weighted by Gasteiger charge is -2.12. The molecule has 0 heterocycles. The van der Waals surface area contributed by atoms with Crippen molar-refractivity contribution in [2.45, 2.75) is 13.5 Å². The van der Waals surface area contributed by atoms with Gasteiger partial charge in [-0.1, -0.05) is 17.7 Å². The molecule has 0 unspecified atom stereocenters. The molecule has 1 amide bonds. The zero-order chi connectivity index (χ0) is 16.1. The topological polar surface area (TPSA) is 81.6 Å². The van der Waals surface area contributed by atoms with Crippen molar-refractivity contribution < 1.29 is 15.0 Å². The first-order valence-electron chi connectivity index (χ1n) is 6.72. The summed E-state index contributed by atoms with van der Waals surface area (Å²) in [7, 11) is 0. The Morgan fingerprint density at radius 2 is 1.95 bits per heavy atom. The van der Waals surface area contributed by atoms with Crippen molar-refractivity contribution in [3.05, 3.63) is 52.5 Å². The number of phenolic OH excluding ortho intramolecular Hbond substituents is 1. The summed E-state index contributed by atoms with van der Waals surface area (Å²) in [5, 5.41) is 25.0. The van der Waals surface area contributed by atoms with E-state index in [-0.39, 0.29) is 5.75 Å². The van der Waals surface area contributed by atoms with Crippen molar-refractivity contribution in [3.63, 3.8) is 0 Å². The number of aliphatic hydroxyl groups is 1. The van der Waals surface area contributed by atoms with Gasteiger partial charge in [0.15, 0.2) is 0 Å². The number of aliphatic hydroxyl groups excluding tert-OH is 1. The molecule has 22 heavy (non-hydrogen) atoms. The molecule has 0 spiro atoms. The highest BCUT2D eigenvalue weighted by molar-refractivity contribution is 6.30. The molecule has 0 aromatic heterocycles. The molecule has 2 aromatic carbocycles. The number of halogens is 1. The van der Waals surface area contributed by atoms with Crippen molar-refractivity contribution in [1.29, 1.82) is 0 Å². The van der Waals surface area contributed by atoms with Gasteiger partial charge in [-0.25, -0.2) is 0 Å². The van der Waals surface area contributed by atoms with Crippen molar-refractivity contribution in [3.8, 4) is 5.75 Å². The highest BCUT2D eigenvalue weighted by Crippen LogP contribution is 2.27. The lowest BCUT2D eigenvalue weighted by molar-refractivity contribution is -0.118. The van der Waals surface area contributed by atoms with E-state index in [0.717, 1.165) is 5.69 Å². The van der Waals surface area contributed by atoms with Crippen molar-refractivity contribution >= 4 is 28.9 Å². The Labute approximate surface area is 133 Å². The first-order valence-corrected chi connectivity index (χ1v) is 7.10. The van der Waals surface area contributed by atoms with E-state index < -0.39 is 12.5 Å². The molecule has 0 bridgehead atoms. The molecule has 0 aliphatic carbocycles. The lowest BCUT2D eigenvalue weighted by Crippen LogP contribution is -2.15. The second kappa shape index (κ2) is 7.15. The SMILES string of the molecule is Cc1cc(Cl)cc(CNc2cccc(NC(=O)CO)c2)c1O. The zero-order valence-corrected chi connectivity index (χ0v) is 12.8. The van der Waals surface area contributed by atoms with E-state index in [0.29, 0.717) is 28.4 Å². The smallest absolute Gasteiger partial charge is 0.250 e. The van der Waals surface area contributed by atoms with Gasteiger partial charge in [-0.15, -0.1) is 0 Å². The Hall–Kier alpha value is -2.24. The van der Waals surface area contributed by atoms with Gasteiger partial charge in [0.2, 0.25) is 5.91 Å². The van der Waals surface area contributed by atoms with Crippen molar-refractivity contribution in [2.24, 2.45) is 0 Å². The molecule has 2 aromatic rings. The van der Waals surface area contributed by atoms with Crippen LogP contribution in [0.25, 0.3) is 0 Å². The molecule has 0 saturated heterocycles. The van der Waals surface area contributed by atoms with Crippen LogP contribution >= 0.6 is 11.6 Å². The third-order valence-corrected chi connectivity index (χ3v) is 3.34. The molecule has 0 saturated carbocycles. The Morgan fingerprint density at radius 1 is 1.23 bits per heavy atom. The predicted molar refractivity (Wildman–Crippen MR) is 87.3 cm³/mol. The van der Waals surface area contributed by atoms with E-state index in [1.807, 2.05) is 6.07 Å². The van der Waals surface area contributed by atoms with E-state index in [9.17, 15) is 9.90 Å². The zero-order valence-electron chi connectivity index (χ0n) is 12.1. The Kier molecular flexibility index (Phi) is 5.25. The minimum atomic E-state index is -0.562. The maximum Gasteiger partial charge on any atom is 0.250 e. The van der Waals surface area contributed by atoms with E-state index in [1.54, 1.807) is 37.3 Å². The van der Waals surface area contributed by atoms with Crippen LogP contribution in [0.15, 0.2) is 36.4 Å². The van der Waals surface area contributed by atoms with Gasteiger partial charge in [-0.3, -0.25) is 4.79 Å². The van der Waals surface area contributed by atoms with E-state index in [1.165, 1.54) is 0 Å². The minimum Gasteiger partial charge on any atom is -0.507 e. The normalized spacial score (nSPS) is 10.3. The van der Waals surface area contributed by atoms with E-state index in [4.69, 9.17) is 16.7 Å². The summed E-state index contributed by atoms with van der Waals surface area (Å²) in [4.78, 5) is 11.2.